The first kappa shape index (κ1) is 28.1. The van der Waals surface area contributed by atoms with Gasteiger partial charge in [0.25, 0.3) is 5.91 Å². The Morgan fingerprint density at radius 1 is 1.15 bits per heavy atom. The van der Waals surface area contributed by atoms with Gasteiger partial charge in [-0.15, -0.1) is 16.9 Å². The van der Waals surface area contributed by atoms with E-state index >= 15 is 0 Å². The lowest BCUT2D eigenvalue weighted by Crippen LogP contribution is -2.48. The zero-order chi connectivity index (χ0) is 28.6. The molecule has 0 saturated carbocycles. The third-order valence-electron chi connectivity index (χ3n) is 7.12. The van der Waals surface area contributed by atoms with E-state index in [0.29, 0.717) is 43.0 Å². The number of carbonyl (C=O) groups is 2. The minimum atomic E-state index is -1.10. The average Bonchev–Trinajstić information content (AvgIpc) is 3.51. The van der Waals surface area contributed by atoms with Crippen molar-refractivity contribution in [3.8, 4) is 0 Å². The molecular formula is C28H34F2N6O3S. The van der Waals surface area contributed by atoms with Crippen molar-refractivity contribution < 1.29 is 23.1 Å². The maximum absolute atomic E-state index is 14.7. The number of thioether (sulfide) groups is 1. The third kappa shape index (κ3) is 6.16. The number of imidazole rings is 1. The molecule has 214 valence electrons. The van der Waals surface area contributed by atoms with Crippen molar-refractivity contribution in [2.24, 2.45) is 0 Å². The summed E-state index contributed by atoms with van der Waals surface area (Å²) in [5.74, 6) is -0.215. The Morgan fingerprint density at radius 3 is 2.60 bits per heavy atom. The largest absolute Gasteiger partial charge is 0.444 e. The second-order valence-electron chi connectivity index (χ2n) is 11.2. The smallest absolute Gasteiger partial charge is 0.410 e. The zero-order valence-corrected chi connectivity index (χ0v) is 23.9. The summed E-state index contributed by atoms with van der Waals surface area (Å²) in [6.07, 6.45) is 3.30. The van der Waals surface area contributed by atoms with Crippen LogP contribution < -0.4 is 10.2 Å². The van der Waals surface area contributed by atoms with Crippen molar-refractivity contribution >= 4 is 35.2 Å². The number of amides is 2. The molecule has 40 heavy (non-hydrogen) atoms. The number of alkyl halides is 1. The molecule has 0 radical (unpaired) electrons. The van der Waals surface area contributed by atoms with E-state index < -0.39 is 17.8 Å². The highest BCUT2D eigenvalue weighted by atomic mass is 32.2. The number of anilines is 1. The Bertz CT molecular complexity index is 1400. The number of ether oxygens (including phenoxy) is 1. The van der Waals surface area contributed by atoms with Gasteiger partial charge >= 0.3 is 6.09 Å². The minimum absolute atomic E-state index is 0.112. The summed E-state index contributed by atoms with van der Waals surface area (Å²) in [7, 11) is 0. The van der Waals surface area contributed by atoms with Gasteiger partial charge in [0.05, 0.1) is 18.8 Å². The summed E-state index contributed by atoms with van der Waals surface area (Å²) in [4.78, 5) is 34.1. The van der Waals surface area contributed by atoms with E-state index in [1.807, 2.05) is 38.0 Å². The van der Waals surface area contributed by atoms with E-state index in [4.69, 9.17) is 4.74 Å². The molecule has 0 unspecified atom stereocenters. The second-order valence-corrected chi connectivity index (χ2v) is 12.1. The van der Waals surface area contributed by atoms with Gasteiger partial charge in [-0.3, -0.25) is 4.79 Å². The number of aromatic nitrogens is 3. The summed E-state index contributed by atoms with van der Waals surface area (Å²) < 4.78 is 35.9. The van der Waals surface area contributed by atoms with Crippen molar-refractivity contribution in [1.82, 2.24) is 24.8 Å². The molecule has 2 saturated heterocycles. The molecular weight excluding hydrogens is 538 g/mol. The standard InChI is InChI=1S/C28H34F2N6O3S/c1-28(2,3)39-27(38)34-9-7-20(8-10-34)32-26(37)23-15-31-24-5-6-25(33-36(23)24)35-16-19(30)14-22(35)17-11-18(29)13-21(12-17)40-4/h5-6,11-13,15,19-20,22H,7-10,14,16H2,1-4H3,(H,32,37)/t19-,22+/m0/s1. The highest BCUT2D eigenvalue weighted by Crippen LogP contribution is 2.38. The molecule has 1 aromatic carbocycles. The summed E-state index contributed by atoms with van der Waals surface area (Å²) in [5.41, 5.74) is 0.866. The number of hydrogen-bond donors (Lipinski definition) is 1. The van der Waals surface area contributed by atoms with Gasteiger partial charge in [-0.1, -0.05) is 0 Å². The highest BCUT2D eigenvalue weighted by Gasteiger charge is 2.35. The zero-order valence-electron chi connectivity index (χ0n) is 23.1. The average molecular weight is 573 g/mol. The number of benzene rings is 1. The predicted molar refractivity (Wildman–Crippen MR) is 149 cm³/mol. The van der Waals surface area contributed by atoms with Crippen LogP contribution in [0.5, 0.6) is 0 Å². The maximum atomic E-state index is 14.7. The van der Waals surface area contributed by atoms with Crippen LogP contribution in [0.15, 0.2) is 41.4 Å². The van der Waals surface area contributed by atoms with Crippen LogP contribution in [0.25, 0.3) is 5.65 Å². The second kappa shape index (κ2) is 11.2. The quantitative estimate of drug-likeness (QED) is 0.430. The van der Waals surface area contributed by atoms with Crippen LogP contribution in [0.2, 0.25) is 0 Å². The SMILES string of the molecule is CSc1cc(F)cc([C@H]2C[C@H](F)CN2c2ccc3ncc(C(=O)NC4CCN(C(=O)OC(C)(C)C)CC4)n3n2)c1. The number of likely N-dealkylation sites (tertiary alicyclic amines) is 1. The fourth-order valence-corrected chi connectivity index (χ4v) is 5.70. The van der Waals surface area contributed by atoms with Crippen LogP contribution in [0.3, 0.4) is 0 Å². The van der Waals surface area contributed by atoms with E-state index in [1.54, 1.807) is 17.0 Å². The molecule has 12 heteroatoms. The molecule has 0 spiro atoms. The molecule has 1 N–H and O–H groups in total. The molecule has 2 aromatic heterocycles. The lowest BCUT2D eigenvalue weighted by Gasteiger charge is -2.33. The van der Waals surface area contributed by atoms with E-state index in [9.17, 15) is 18.4 Å². The molecule has 4 heterocycles. The van der Waals surface area contributed by atoms with Crippen LogP contribution in [0, 0.1) is 5.82 Å². The molecule has 2 aliphatic heterocycles. The molecule has 5 rings (SSSR count). The lowest BCUT2D eigenvalue weighted by molar-refractivity contribution is 0.0199. The number of rotatable bonds is 5. The van der Waals surface area contributed by atoms with E-state index in [2.05, 4.69) is 15.4 Å². The molecule has 2 fully saturated rings. The fourth-order valence-electron chi connectivity index (χ4n) is 5.21. The normalized spacial score (nSPS) is 20.2. The van der Waals surface area contributed by atoms with Gasteiger partial charge in [0.15, 0.2) is 11.3 Å². The molecule has 2 aliphatic rings. The predicted octanol–water partition coefficient (Wildman–Crippen LogP) is 5.01. The molecule has 2 atom stereocenters. The van der Waals surface area contributed by atoms with Gasteiger partial charge in [0.1, 0.15) is 23.4 Å². The highest BCUT2D eigenvalue weighted by molar-refractivity contribution is 7.98. The molecule has 3 aromatic rings. The summed E-state index contributed by atoms with van der Waals surface area (Å²) in [6.45, 7) is 6.56. The van der Waals surface area contributed by atoms with Crippen molar-refractivity contribution in [1.29, 1.82) is 0 Å². The first-order valence-corrected chi connectivity index (χ1v) is 14.6. The number of hydrogen-bond acceptors (Lipinski definition) is 7. The van der Waals surface area contributed by atoms with E-state index in [1.165, 1.54) is 34.6 Å². The minimum Gasteiger partial charge on any atom is -0.444 e. The van der Waals surface area contributed by atoms with Gasteiger partial charge in [0, 0.05) is 30.4 Å². The van der Waals surface area contributed by atoms with Crippen LogP contribution in [0.4, 0.5) is 19.4 Å². The van der Waals surface area contributed by atoms with Gasteiger partial charge in [0.2, 0.25) is 0 Å². The summed E-state index contributed by atoms with van der Waals surface area (Å²) >= 11 is 1.43. The van der Waals surface area contributed by atoms with Gasteiger partial charge in [-0.05, 0) is 75.8 Å². The fraction of sp³-hybridized carbons (Fsp3) is 0.500. The van der Waals surface area contributed by atoms with Gasteiger partial charge < -0.3 is 19.9 Å². The third-order valence-corrected chi connectivity index (χ3v) is 7.83. The Kier molecular flexibility index (Phi) is 7.89. The van der Waals surface area contributed by atoms with Crippen LogP contribution >= 0.6 is 11.8 Å². The van der Waals surface area contributed by atoms with E-state index in [0.717, 1.165) is 4.90 Å². The van der Waals surface area contributed by atoms with Gasteiger partial charge in [-0.2, -0.15) is 0 Å². The van der Waals surface area contributed by atoms with Crippen molar-refractivity contribution in [2.75, 3.05) is 30.8 Å². The lowest BCUT2D eigenvalue weighted by atomic mass is 10.0. The first-order chi connectivity index (χ1) is 19.0. The van der Waals surface area contributed by atoms with Crippen molar-refractivity contribution in [3.05, 3.63) is 53.6 Å². The number of piperidine rings is 1. The van der Waals surface area contributed by atoms with E-state index in [-0.39, 0.29) is 42.5 Å². The Balaban J connectivity index is 1.31. The number of nitrogens with zero attached hydrogens (tertiary/aromatic N) is 5. The molecule has 0 bridgehead atoms. The Morgan fingerprint density at radius 2 is 1.90 bits per heavy atom. The maximum Gasteiger partial charge on any atom is 0.410 e. The van der Waals surface area contributed by atoms with Gasteiger partial charge in [-0.25, -0.2) is 23.1 Å². The topological polar surface area (TPSA) is 92.1 Å². The number of nitrogens with one attached hydrogen (secondary N) is 1. The Labute approximate surface area is 236 Å². The number of fused-ring (bicyclic) bond motifs is 1. The van der Waals surface area contributed by atoms with Crippen molar-refractivity contribution in [2.45, 2.75) is 68.8 Å². The molecule has 2 amide bonds. The van der Waals surface area contributed by atoms with Crippen LogP contribution in [-0.2, 0) is 4.74 Å². The van der Waals surface area contributed by atoms with Crippen molar-refractivity contribution in [3.63, 3.8) is 0 Å². The summed E-state index contributed by atoms with van der Waals surface area (Å²) in [6, 6.07) is 7.76. The van der Waals surface area contributed by atoms with Crippen LogP contribution in [0.1, 0.15) is 62.1 Å². The monoisotopic (exact) mass is 572 g/mol. The van der Waals surface area contributed by atoms with Crippen LogP contribution in [-0.4, -0.2) is 75.2 Å². The number of halogens is 2. The first-order valence-electron chi connectivity index (χ1n) is 13.4. The summed E-state index contributed by atoms with van der Waals surface area (Å²) in [5, 5.41) is 7.69. The number of carbonyl (C=O) groups excluding carboxylic acids is 2. The molecule has 0 aliphatic carbocycles. The Hall–Kier alpha value is -3.41. The molecule has 9 nitrogen and oxygen atoms in total.